The lowest BCUT2D eigenvalue weighted by molar-refractivity contribution is -0.207. The van der Waals surface area contributed by atoms with Crippen LogP contribution in [0.4, 0.5) is 4.39 Å². The molecule has 4 saturated carbocycles. The summed E-state index contributed by atoms with van der Waals surface area (Å²) in [7, 11) is 0. The number of hydrogen-bond acceptors (Lipinski definition) is 5. The molecule has 0 saturated heterocycles. The number of aromatic nitrogens is 2. The fraction of sp³-hybridized carbons (Fsp3) is 0.750. The van der Waals surface area contributed by atoms with Crippen molar-refractivity contribution >= 4 is 10.9 Å². The Bertz CT molecular complexity index is 1210. The first-order valence-electron chi connectivity index (χ1n) is 15.0. The van der Waals surface area contributed by atoms with Crippen LogP contribution in [0.15, 0.2) is 18.3 Å². The summed E-state index contributed by atoms with van der Waals surface area (Å²) in [4.78, 5) is 9.25. The molecule has 1 unspecified atom stereocenters. The number of aryl methyl sites for hydroxylation is 2. The van der Waals surface area contributed by atoms with E-state index in [1.165, 1.54) is 6.07 Å². The molecule has 4 fully saturated rings. The molecule has 6 heteroatoms. The largest absolute Gasteiger partial charge is 0.393 e. The average Bonchev–Trinajstić information content (AvgIpc) is 3.23. The summed E-state index contributed by atoms with van der Waals surface area (Å²) in [5.41, 5.74) is 1.29. The van der Waals surface area contributed by atoms with Crippen molar-refractivity contribution in [1.29, 1.82) is 0 Å². The standard InChI is InChI=1S/C32H45FN2O3/c1-17(5-8-29-34-16-19-12-25(33)18(2)11-26(19)35-29)22-6-7-23-30-24(15-28(38)32(22,23)4)31(3)10-9-21(36)13-20(31)14-27(30)37/h11-12,16-17,20-24,27-28,30,36-38H,5-10,13-15H2,1-4H3/t17-,20+,21-,22-,23+,24?,27-,28+,30+,31+,32-/m1/s1. The summed E-state index contributed by atoms with van der Waals surface area (Å²) in [5.74, 6) is 2.60. The number of aliphatic hydroxyl groups is 3. The third-order valence-electron chi connectivity index (χ3n) is 12.3. The molecule has 11 atom stereocenters. The first kappa shape index (κ1) is 26.6. The average molecular weight is 525 g/mol. The number of hydrogen-bond donors (Lipinski definition) is 3. The van der Waals surface area contributed by atoms with Gasteiger partial charge in [0.25, 0.3) is 0 Å². The molecule has 0 radical (unpaired) electrons. The molecule has 1 aromatic carbocycles. The highest BCUT2D eigenvalue weighted by Gasteiger charge is 2.65. The van der Waals surface area contributed by atoms with Crippen LogP contribution in [0.2, 0.25) is 0 Å². The maximum Gasteiger partial charge on any atom is 0.128 e. The van der Waals surface area contributed by atoms with Crippen molar-refractivity contribution in [2.24, 2.45) is 46.3 Å². The molecule has 4 aliphatic rings. The van der Waals surface area contributed by atoms with Gasteiger partial charge in [-0.1, -0.05) is 20.8 Å². The molecule has 38 heavy (non-hydrogen) atoms. The number of benzene rings is 1. The second kappa shape index (κ2) is 9.49. The maximum atomic E-state index is 13.9. The third kappa shape index (κ3) is 4.04. The predicted molar refractivity (Wildman–Crippen MR) is 146 cm³/mol. The molecule has 0 amide bonds. The van der Waals surface area contributed by atoms with Gasteiger partial charge in [0, 0.05) is 18.0 Å². The molecule has 0 aliphatic heterocycles. The van der Waals surface area contributed by atoms with E-state index in [9.17, 15) is 19.7 Å². The first-order valence-corrected chi connectivity index (χ1v) is 15.0. The van der Waals surface area contributed by atoms with Crippen molar-refractivity contribution in [1.82, 2.24) is 9.97 Å². The SMILES string of the molecule is Cc1cc2nc(CC[C@@H](C)[C@H]3CC[C@H]4[C@H]5C(C[C@H](O)[C@]34C)[C@@]3(C)CC[C@@H](O)C[C@H]3C[C@H]5O)ncc2cc1F. The lowest BCUT2D eigenvalue weighted by Crippen LogP contribution is -2.62. The molecule has 1 heterocycles. The molecule has 208 valence electrons. The zero-order chi connectivity index (χ0) is 27.0. The fourth-order valence-electron chi connectivity index (χ4n) is 10.0. The van der Waals surface area contributed by atoms with Crippen molar-refractivity contribution in [3.8, 4) is 0 Å². The molecule has 0 bridgehead atoms. The van der Waals surface area contributed by atoms with Gasteiger partial charge in [0.1, 0.15) is 11.6 Å². The molecule has 6 rings (SSSR count). The van der Waals surface area contributed by atoms with Crippen LogP contribution in [0.3, 0.4) is 0 Å². The molecule has 2 aromatic rings. The zero-order valence-electron chi connectivity index (χ0n) is 23.4. The van der Waals surface area contributed by atoms with Gasteiger partial charge in [0.2, 0.25) is 0 Å². The third-order valence-corrected chi connectivity index (χ3v) is 12.3. The highest BCUT2D eigenvalue weighted by Crippen LogP contribution is 2.68. The van der Waals surface area contributed by atoms with E-state index in [1.54, 1.807) is 19.2 Å². The van der Waals surface area contributed by atoms with Crippen LogP contribution in [0.5, 0.6) is 0 Å². The monoisotopic (exact) mass is 524 g/mol. The topological polar surface area (TPSA) is 86.5 Å². The van der Waals surface area contributed by atoms with Crippen molar-refractivity contribution in [2.45, 2.75) is 104 Å². The van der Waals surface area contributed by atoms with Gasteiger partial charge in [-0.3, -0.25) is 0 Å². The van der Waals surface area contributed by atoms with E-state index in [0.717, 1.165) is 74.5 Å². The maximum absolute atomic E-state index is 13.9. The number of fused-ring (bicyclic) bond motifs is 6. The highest BCUT2D eigenvalue weighted by molar-refractivity contribution is 5.78. The number of rotatable bonds is 4. The lowest BCUT2D eigenvalue weighted by Gasteiger charge is -2.63. The summed E-state index contributed by atoms with van der Waals surface area (Å²) < 4.78 is 13.9. The molecule has 3 N–H and O–H groups in total. The van der Waals surface area contributed by atoms with Crippen molar-refractivity contribution in [3.05, 3.63) is 35.5 Å². The van der Waals surface area contributed by atoms with Crippen LogP contribution >= 0.6 is 0 Å². The minimum atomic E-state index is -0.367. The highest BCUT2D eigenvalue weighted by atomic mass is 19.1. The lowest BCUT2D eigenvalue weighted by atomic mass is 9.43. The Balaban J connectivity index is 1.19. The Morgan fingerprint density at radius 1 is 1.05 bits per heavy atom. The van der Waals surface area contributed by atoms with Crippen LogP contribution in [0.25, 0.3) is 10.9 Å². The molecule has 1 aromatic heterocycles. The van der Waals surface area contributed by atoms with E-state index < -0.39 is 0 Å². The Labute approximate surface area is 226 Å². The van der Waals surface area contributed by atoms with Gasteiger partial charge >= 0.3 is 0 Å². The quantitative estimate of drug-likeness (QED) is 0.484. The predicted octanol–water partition coefficient (Wildman–Crippen LogP) is 5.61. The number of halogens is 1. The summed E-state index contributed by atoms with van der Waals surface area (Å²) in [6.07, 6.45) is 8.83. The van der Waals surface area contributed by atoms with Crippen LogP contribution in [0, 0.1) is 59.1 Å². The van der Waals surface area contributed by atoms with Crippen molar-refractivity contribution in [3.63, 3.8) is 0 Å². The summed E-state index contributed by atoms with van der Waals surface area (Å²) in [5, 5.41) is 34.4. The van der Waals surface area contributed by atoms with E-state index >= 15 is 0 Å². The first-order chi connectivity index (χ1) is 18.0. The van der Waals surface area contributed by atoms with Crippen LogP contribution in [-0.2, 0) is 6.42 Å². The van der Waals surface area contributed by atoms with Gasteiger partial charge < -0.3 is 15.3 Å². The van der Waals surface area contributed by atoms with Crippen molar-refractivity contribution in [2.75, 3.05) is 0 Å². The Hall–Kier alpha value is -1.63. The fourth-order valence-corrected chi connectivity index (χ4v) is 10.0. The Kier molecular flexibility index (Phi) is 6.64. The molecular weight excluding hydrogens is 479 g/mol. The minimum Gasteiger partial charge on any atom is -0.393 e. The molecule has 0 spiro atoms. The minimum absolute atomic E-state index is 0.101. The van der Waals surface area contributed by atoms with Gasteiger partial charge in [-0.15, -0.1) is 0 Å². The van der Waals surface area contributed by atoms with Gasteiger partial charge in [-0.25, -0.2) is 14.4 Å². The van der Waals surface area contributed by atoms with E-state index in [0.29, 0.717) is 35.2 Å². The Morgan fingerprint density at radius 2 is 1.84 bits per heavy atom. The van der Waals surface area contributed by atoms with Gasteiger partial charge in [-0.2, -0.15) is 0 Å². The van der Waals surface area contributed by atoms with Gasteiger partial charge in [-0.05, 0) is 122 Å². The summed E-state index contributed by atoms with van der Waals surface area (Å²) in [6.45, 7) is 8.77. The second-order valence-corrected chi connectivity index (χ2v) is 14.0. The molecular formula is C32H45FN2O3. The normalized spacial score (nSPS) is 43.4. The van der Waals surface area contributed by atoms with Crippen LogP contribution in [0.1, 0.15) is 83.5 Å². The summed E-state index contributed by atoms with van der Waals surface area (Å²) in [6, 6.07) is 3.30. The zero-order valence-corrected chi connectivity index (χ0v) is 23.4. The van der Waals surface area contributed by atoms with E-state index in [1.807, 2.05) is 0 Å². The van der Waals surface area contributed by atoms with E-state index in [2.05, 4.69) is 25.8 Å². The van der Waals surface area contributed by atoms with Gasteiger partial charge in [0.15, 0.2) is 0 Å². The van der Waals surface area contributed by atoms with E-state index in [4.69, 9.17) is 4.98 Å². The van der Waals surface area contributed by atoms with E-state index in [-0.39, 0.29) is 40.9 Å². The molecule has 4 aliphatic carbocycles. The molecule has 5 nitrogen and oxygen atoms in total. The van der Waals surface area contributed by atoms with Crippen LogP contribution in [-0.4, -0.2) is 43.6 Å². The van der Waals surface area contributed by atoms with Gasteiger partial charge in [0.05, 0.1) is 23.8 Å². The smallest absolute Gasteiger partial charge is 0.128 e. The van der Waals surface area contributed by atoms with Crippen molar-refractivity contribution < 1.29 is 19.7 Å². The summed E-state index contributed by atoms with van der Waals surface area (Å²) >= 11 is 0. The Morgan fingerprint density at radius 3 is 2.63 bits per heavy atom. The second-order valence-electron chi connectivity index (χ2n) is 14.0. The number of nitrogens with zero attached hydrogens (tertiary/aromatic N) is 2. The number of aliphatic hydroxyl groups excluding tert-OH is 3. The van der Waals surface area contributed by atoms with Crippen LogP contribution < -0.4 is 0 Å².